The maximum atomic E-state index is 5.80. The highest BCUT2D eigenvalue weighted by Crippen LogP contribution is 2.23. The third kappa shape index (κ3) is 1.46. The normalized spacial score (nSPS) is 10.4. The van der Waals surface area contributed by atoms with Gasteiger partial charge in [-0.2, -0.15) is 5.10 Å². The van der Waals surface area contributed by atoms with Gasteiger partial charge in [0.25, 0.3) is 0 Å². The van der Waals surface area contributed by atoms with Gasteiger partial charge in [0, 0.05) is 30.1 Å². The molecule has 0 atom stereocenters. The highest BCUT2D eigenvalue weighted by molar-refractivity contribution is 5.74. The van der Waals surface area contributed by atoms with Crippen LogP contribution in [0.5, 0.6) is 0 Å². The van der Waals surface area contributed by atoms with Gasteiger partial charge in [-0.1, -0.05) is 0 Å². The van der Waals surface area contributed by atoms with Gasteiger partial charge in [-0.3, -0.25) is 9.67 Å². The first-order valence-electron chi connectivity index (χ1n) is 4.53. The van der Waals surface area contributed by atoms with E-state index in [9.17, 15) is 0 Å². The summed E-state index contributed by atoms with van der Waals surface area (Å²) in [7, 11) is 0. The van der Waals surface area contributed by atoms with Gasteiger partial charge in [-0.05, 0) is 13.0 Å². The average molecular weight is 188 g/mol. The summed E-state index contributed by atoms with van der Waals surface area (Å²) < 4.78 is 1.87. The van der Waals surface area contributed by atoms with Gasteiger partial charge < -0.3 is 5.73 Å². The van der Waals surface area contributed by atoms with Gasteiger partial charge >= 0.3 is 0 Å². The van der Waals surface area contributed by atoms with Crippen LogP contribution in [0.1, 0.15) is 6.92 Å². The molecule has 0 aliphatic heterocycles. The number of pyridine rings is 1. The van der Waals surface area contributed by atoms with E-state index in [1.165, 1.54) is 0 Å². The van der Waals surface area contributed by atoms with Crippen molar-refractivity contribution in [1.29, 1.82) is 0 Å². The molecule has 0 bridgehead atoms. The summed E-state index contributed by atoms with van der Waals surface area (Å²) in [6.45, 7) is 2.91. The SMILES string of the molecule is CCn1cc(-c2ccncc2N)cn1. The molecule has 0 amide bonds. The van der Waals surface area contributed by atoms with Crippen LogP contribution in [0, 0.1) is 0 Å². The molecule has 2 heterocycles. The van der Waals surface area contributed by atoms with E-state index < -0.39 is 0 Å². The maximum absolute atomic E-state index is 5.80. The summed E-state index contributed by atoms with van der Waals surface area (Å²) in [4.78, 5) is 3.95. The highest BCUT2D eigenvalue weighted by Gasteiger charge is 2.03. The molecule has 0 saturated heterocycles. The predicted octanol–water partition coefficient (Wildman–Crippen LogP) is 1.55. The standard InChI is InChI=1S/C10H12N4/c1-2-14-7-8(5-13-14)9-3-4-12-6-10(9)11/h3-7H,2,11H2,1H3. The van der Waals surface area contributed by atoms with Gasteiger partial charge in [-0.25, -0.2) is 0 Å². The van der Waals surface area contributed by atoms with E-state index in [1.807, 2.05) is 30.1 Å². The predicted molar refractivity (Wildman–Crippen MR) is 55.5 cm³/mol. The fraction of sp³-hybridized carbons (Fsp3) is 0.200. The number of aromatic nitrogens is 3. The van der Waals surface area contributed by atoms with Crippen LogP contribution >= 0.6 is 0 Å². The number of nitrogen functional groups attached to an aromatic ring is 1. The first-order chi connectivity index (χ1) is 6.81. The Hall–Kier alpha value is -1.84. The first-order valence-corrected chi connectivity index (χ1v) is 4.53. The van der Waals surface area contributed by atoms with E-state index in [0.29, 0.717) is 5.69 Å². The van der Waals surface area contributed by atoms with Crippen molar-refractivity contribution in [3.05, 3.63) is 30.9 Å². The van der Waals surface area contributed by atoms with E-state index in [1.54, 1.807) is 12.4 Å². The molecule has 0 spiro atoms. The lowest BCUT2D eigenvalue weighted by Gasteiger charge is -2.00. The number of anilines is 1. The van der Waals surface area contributed by atoms with Crippen molar-refractivity contribution in [2.75, 3.05) is 5.73 Å². The zero-order valence-electron chi connectivity index (χ0n) is 8.01. The van der Waals surface area contributed by atoms with E-state index >= 15 is 0 Å². The molecule has 0 aliphatic carbocycles. The number of rotatable bonds is 2. The second kappa shape index (κ2) is 3.49. The Morgan fingerprint density at radius 2 is 2.29 bits per heavy atom. The van der Waals surface area contributed by atoms with E-state index in [4.69, 9.17) is 5.73 Å². The quantitative estimate of drug-likeness (QED) is 0.777. The summed E-state index contributed by atoms with van der Waals surface area (Å²) >= 11 is 0. The Morgan fingerprint density at radius 1 is 1.43 bits per heavy atom. The lowest BCUT2D eigenvalue weighted by Crippen LogP contribution is -1.92. The van der Waals surface area contributed by atoms with Crippen LogP contribution in [0.15, 0.2) is 30.9 Å². The van der Waals surface area contributed by atoms with Crippen LogP contribution in [-0.4, -0.2) is 14.8 Å². The molecule has 0 radical (unpaired) electrons. The smallest absolute Gasteiger partial charge is 0.0581 e. The Morgan fingerprint density at radius 3 is 2.93 bits per heavy atom. The summed E-state index contributed by atoms with van der Waals surface area (Å²) in [5.74, 6) is 0. The molecule has 0 aliphatic rings. The third-order valence-electron chi connectivity index (χ3n) is 2.12. The topological polar surface area (TPSA) is 56.7 Å². The summed E-state index contributed by atoms with van der Waals surface area (Å²) in [5.41, 5.74) is 8.51. The zero-order chi connectivity index (χ0) is 9.97. The van der Waals surface area contributed by atoms with Gasteiger partial charge in [-0.15, -0.1) is 0 Å². The lowest BCUT2D eigenvalue weighted by molar-refractivity contribution is 0.660. The minimum Gasteiger partial charge on any atom is -0.397 e. The van der Waals surface area contributed by atoms with Crippen molar-refractivity contribution in [2.24, 2.45) is 0 Å². The second-order valence-electron chi connectivity index (χ2n) is 3.05. The number of hydrogen-bond acceptors (Lipinski definition) is 3. The van der Waals surface area contributed by atoms with Crippen LogP contribution in [0.2, 0.25) is 0 Å². The van der Waals surface area contributed by atoms with Crippen LogP contribution in [-0.2, 0) is 6.54 Å². The second-order valence-corrected chi connectivity index (χ2v) is 3.05. The fourth-order valence-corrected chi connectivity index (χ4v) is 1.35. The molecule has 4 nitrogen and oxygen atoms in total. The van der Waals surface area contributed by atoms with Crippen molar-refractivity contribution in [3.8, 4) is 11.1 Å². The molecular weight excluding hydrogens is 176 g/mol. The fourth-order valence-electron chi connectivity index (χ4n) is 1.35. The summed E-state index contributed by atoms with van der Waals surface area (Å²) in [6.07, 6.45) is 7.18. The molecule has 2 rings (SSSR count). The molecule has 0 fully saturated rings. The van der Waals surface area contributed by atoms with Crippen LogP contribution in [0.25, 0.3) is 11.1 Å². The molecule has 0 unspecified atom stereocenters. The molecule has 72 valence electrons. The Kier molecular flexibility index (Phi) is 2.18. The van der Waals surface area contributed by atoms with Crippen molar-refractivity contribution in [3.63, 3.8) is 0 Å². The average Bonchev–Trinajstić information content (AvgIpc) is 2.67. The Bertz CT molecular complexity index is 433. The van der Waals surface area contributed by atoms with Crippen LogP contribution in [0.3, 0.4) is 0 Å². The van der Waals surface area contributed by atoms with Gasteiger partial charge in [0.15, 0.2) is 0 Å². The molecule has 4 heteroatoms. The van der Waals surface area contributed by atoms with Crippen molar-refractivity contribution >= 4 is 5.69 Å². The monoisotopic (exact) mass is 188 g/mol. The van der Waals surface area contributed by atoms with E-state index in [0.717, 1.165) is 17.7 Å². The molecule has 0 aromatic carbocycles. The molecule has 2 N–H and O–H groups in total. The minimum absolute atomic E-state index is 0.683. The van der Waals surface area contributed by atoms with Gasteiger partial charge in [0.05, 0.1) is 18.1 Å². The largest absolute Gasteiger partial charge is 0.397 e. The van der Waals surface area contributed by atoms with Crippen molar-refractivity contribution in [2.45, 2.75) is 13.5 Å². The number of nitrogens with two attached hydrogens (primary N) is 1. The zero-order valence-corrected chi connectivity index (χ0v) is 8.01. The Balaban J connectivity index is 2.44. The third-order valence-corrected chi connectivity index (χ3v) is 2.12. The van der Waals surface area contributed by atoms with Crippen LogP contribution < -0.4 is 5.73 Å². The summed E-state index contributed by atoms with van der Waals surface area (Å²) in [5, 5.41) is 4.19. The maximum Gasteiger partial charge on any atom is 0.0581 e. The molecular formula is C10H12N4. The molecule has 2 aromatic rings. The Labute approximate surface area is 82.4 Å². The number of aryl methyl sites for hydroxylation is 1. The van der Waals surface area contributed by atoms with E-state index in [-0.39, 0.29) is 0 Å². The van der Waals surface area contributed by atoms with Crippen molar-refractivity contribution in [1.82, 2.24) is 14.8 Å². The highest BCUT2D eigenvalue weighted by atomic mass is 15.3. The molecule has 2 aromatic heterocycles. The van der Waals surface area contributed by atoms with E-state index in [2.05, 4.69) is 10.1 Å². The number of hydrogen-bond donors (Lipinski definition) is 1. The number of nitrogens with zero attached hydrogens (tertiary/aromatic N) is 3. The molecule has 0 saturated carbocycles. The van der Waals surface area contributed by atoms with Gasteiger partial charge in [0.2, 0.25) is 0 Å². The lowest BCUT2D eigenvalue weighted by atomic mass is 10.1. The van der Waals surface area contributed by atoms with Crippen molar-refractivity contribution < 1.29 is 0 Å². The summed E-state index contributed by atoms with van der Waals surface area (Å²) in [6, 6.07) is 1.90. The van der Waals surface area contributed by atoms with Gasteiger partial charge in [0.1, 0.15) is 0 Å². The minimum atomic E-state index is 0.683. The molecule has 14 heavy (non-hydrogen) atoms. The van der Waals surface area contributed by atoms with Crippen LogP contribution in [0.4, 0.5) is 5.69 Å². The first kappa shape index (κ1) is 8.74.